The fourth-order valence-electron chi connectivity index (χ4n) is 6.81. The molecular formula is C33H48N4O6+2. The van der Waals surface area contributed by atoms with Crippen molar-refractivity contribution in [2.45, 2.75) is 99.0 Å². The number of hydrogen-bond donors (Lipinski definition) is 6. The van der Waals surface area contributed by atoms with E-state index in [1.165, 1.54) is 0 Å². The Balaban J connectivity index is 0.00000353. The van der Waals surface area contributed by atoms with Crippen LogP contribution in [0.15, 0.2) is 16.8 Å². The summed E-state index contributed by atoms with van der Waals surface area (Å²) < 4.78 is 0. The van der Waals surface area contributed by atoms with E-state index in [-0.39, 0.29) is 46.8 Å². The number of carbonyl (C=O) groups is 4. The predicted molar refractivity (Wildman–Crippen MR) is 168 cm³/mol. The third kappa shape index (κ3) is 6.63. The lowest BCUT2D eigenvalue weighted by Crippen LogP contribution is -2.31. The van der Waals surface area contributed by atoms with E-state index >= 15 is 0 Å². The van der Waals surface area contributed by atoms with E-state index < -0.39 is 11.9 Å². The summed E-state index contributed by atoms with van der Waals surface area (Å²) in [7, 11) is 0. The lowest BCUT2D eigenvalue weighted by molar-refractivity contribution is -0.138. The molecule has 2 aliphatic heterocycles. The van der Waals surface area contributed by atoms with Crippen LogP contribution < -0.4 is 10.6 Å². The molecular weight excluding hydrogens is 548 g/mol. The van der Waals surface area contributed by atoms with Gasteiger partial charge in [-0.2, -0.15) is 0 Å². The van der Waals surface area contributed by atoms with E-state index in [0.717, 1.165) is 68.3 Å². The minimum atomic E-state index is -0.889. The maximum atomic E-state index is 12.4. The van der Waals surface area contributed by atoms with Gasteiger partial charge in [0.25, 0.3) is 5.91 Å². The fraction of sp³-hybridized carbons (Fsp3) is 0.515. The van der Waals surface area contributed by atoms with Crippen LogP contribution in [-0.4, -0.2) is 50.0 Å². The molecule has 1 unspecified atom stereocenters. The minimum absolute atomic E-state index is 0. The molecule has 0 spiro atoms. The van der Waals surface area contributed by atoms with Crippen LogP contribution in [0.1, 0.15) is 103 Å². The summed E-state index contributed by atoms with van der Waals surface area (Å²) in [5.74, 6) is -1.65. The van der Waals surface area contributed by atoms with Gasteiger partial charge in [-0.1, -0.05) is 27.2 Å². The van der Waals surface area contributed by atoms with Crippen molar-refractivity contribution in [1.29, 1.82) is 0 Å². The Kier molecular flexibility index (Phi) is 9.67. The molecule has 10 heteroatoms. The molecule has 6 N–H and O–H groups in total. The van der Waals surface area contributed by atoms with Crippen molar-refractivity contribution in [2.24, 2.45) is 11.8 Å². The highest BCUT2D eigenvalue weighted by atomic mass is 16.4. The summed E-state index contributed by atoms with van der Waals surface area (Å²) >= 11 is 0. The van der Waals surface area contributed by atoms with Crippen LogP contribution in [0.25, 0.3) is 6.08 Å². The number of amides is 2. The molecule has 1 fully saturated rings. The van der Waals surface area contributed by atoms with Gasteiger partial charge in [0.05, 0.1) is 0 Å². The van der Waals surface area contributed by atoms with E-state index in [4.69, 9.17) is 0 Å². The van der Waals surface area contributed by atoms with Crippen molar-refractivity contribution in [3.05, 3.63) is 61.9 Å². The standard InChI is InChI=1S/C33H44N4O6.H2/c1-7-20-19(6)32(42)37-27(20)14-25-18(5)23(10-12-31(40)41)29(35-25)15-28-22(9-11-30(38)39)17(4)24(34-28)13-26-16(3)21(8-2)33(43)36-26;/h13,19-20,27,34-35H,7-12,14-15H2,1-6H3,(H,36,43)(H,37,42)(H,38,39)(H,40,41);1H/p+2/b26-13-;/t19-,20-,27?;/m1./s1. The average molecular weight is 597 g/mol. The van der Waals surface area contributed by atoms with E-state index in [2.05, 4.69) is 27.5 Å². The first-order chi connectivity index (χ1) is 20.4. The Morgan fingerprint density at radius 3 is 2.09 bits per heavy atom. The Morgan fingerprint density at radius 2 is 1.53 bits per heavy atom. The van der Waals surface area contributed by atoms with Gasteiger partial charge >= 0.3 is 14.8 Å². The second-order valence-electron chi connectivity index (χ2n) is 11.9. The summed E-state index contributed by atoms with van der Waals surface area (Å²) in [6, 6.07) is -0.00645. The van der Waals surface area contributed by atoms with Gasteiger partial charge in [0, 0.05) is 73.1 Å². The summed E-state index contributed by atoms with van der Waals surface area (Å²) in [5.41, 5.74) is 9.64. The summed E-state index contributed by atoms with van der Waals surface area (Å²) in [6.45, 7) is 11.9. The van der Waals surface area contributed by atoms with Gasteiger partial charge in [0.1, 0.15) is 0 Å². The number of carbonyl (C=O) groups excluding carboxylic acids is 2. The maximum absolute atomic E-state index is 12.4. The van der Waals surface area contributed by atoms with Crippen LogP contribution in [-0.2, 0) is 44.9 Å². The molecule has 0 bridgehead atoms. The number of aromatic amines is 2. The summed E-state index contributed by atoms with van der Waals surface area (Å²) in [4.78, 5) is 55.0. The predicted octanol–water partition coefficient (Wildman–Crippen LogP) is 4.96. The molecule has 0 aliphatic carbocycles. The largest absolute Gasteiger partial charge is 1.00 e. The molecule has 2 aromatic rings. The van der Waals surface area contributed by atoms with Crippen LogP contribution in [0, 0.1) is 25.7 Å². The monoisotopic (exact) mass is 596 g/mol. The number of carboxylic acid groups (broad SMARTS) is 2. The SMILES string of the molecule is CCC1=C(C)/C(=C/c2[nH]c(Cc3[nH]c(CC4NC(=O)[C@H](C)[C@H]4CC)c(C)c3CCC(=O)O)c(CCC(=O)O)c2C)NC1=O.[H+].[H+].[HH]. The van der Waals surface area contributed by atoms with Crippen molar-refractivity contribution in [2.75, 3.05) is 0 Å². The highest BCUT2D eigenvalue weighted by molar-refractivity contribution is 6.01. The van der Waals surface area contributed by atoms with E-state index in [1.807, 2.05) is 40.7 Å². The number of H-pyrrole nitrogens is 2. The second-order valence-corrected chi connectivity index (χ2v) is 11.9. The first-order valence-electron chi connectivity index (χ1n) is 15.2. The molecule has 2 aliphatic rings. The molecule has 43 heavy (non-hydrogen) atoms. The number of hydrogen-bond acceptors (Lipinski definition) is 4. The molecule has 4 rings (SSSR count). The highest BCUT2D eigenvalue weighted by Gasteiger charge is 2.38. The first kappa shape index (κ1) is 31.8. The number of carboxylic acids is 2. The third-order valence-corrected chi connectivity index (χ3v) is 9.43. The van der Waals surface area contributed by atoms with Crippen LogP contribution in [0.2, 0.25) is 0 Å². The molecule has 1 saturated heterocycles. The third-order valence-electron chi connectivity index (χ3n) is 9.43. The molecule has 3 atom stereocenters. The molecule has 2 aromatic heterocycles. The quantitative estimate of drug-likeness (QED) is 0.191. The molecule has 234 valence electrons. The summed E-state index contributed by atoms with van der Waals surface area (Å²) in [5, 5.41) is 25.0. The molecule has 2 amide bonds. The van der Waals surface area contributed by atoms with Gasteiger partial charge in [-0.25, -0.2) is 0 Å². The first-order valence-corrected chi connectivity index (χ1v) is 15.2. The van der Waals surface area contributed by atoms with E-state index in [0.29, 0.717) is 32.1 Å². The normalized spacial score (nSPS) is 21.2. The minimum Gasteiger partial charge on any atom is -0.481 e. The van der Waals surface area contributed by atoms with Crippen LogP contribution in [0.4, 0.5) is 0 Å². The Labute approximate surface area is 256 Å². The molecule has 0 saturated carbocycles. The molecule has 0 radical (unpaired) electrons. The van der Waals surface area contributed by atoms with Crippen molar-refractivity contribution in [3.8, 4) is 0 Å². The Bertz CT molecular complexity index is 1520. The molecule has 10 nitrogen and oxygen atoms in total. The topological polar surface area (TPSA) is 164 Å². The van der Waals surface area contributed by atoms with E-state index in [9.17, 15) is 29.4 Å². The van der Waals surface area contributed by atoms with Crippen molar-refractivity contribution < 1.29 is 33.7 Å². The average Bonchev–Trinajstić information content (AvgIpc) is 3.59. The van der Waals surface area contributed by atoms with Gasteiger partial charge in [-0.3, -0.25) is 19.2 Å². The van der Waals surface area contributed by atoms with Gasteiger partial charge in [-0.15, -0.1) is 0 Å². The van der Waals surface area contributed by atoms with Gasteiger partial charge in [0.15, 0.2) is 0 Å². The maximum Gasteiger partial charge on any atom is 1.00 e. The number of aromatic nitrogens is 2. The van der Waals surface area contributed by atoms with Crippen molar-refractivity contribution in [3.63, 3.8) is 0 Å². The van der Waals surface area contributed by atoms with Crippen LogP contribution in [0.3, 0.4) is 0 Å². The second kappa shape index (κ2) is 13.1. The van der Waals surface area contributed by atoms with Crippen LogP contribution in [0.5, 0.6) is 0 Å². The lowest BCUT2D eigenvalue weighted by Gasteiger charge is -2.19. The zero-order valence-electron chi connectivity index (χ0n) is 28.0. The number of allylic oxidation sites excluding steroid dienone is 1. The van der Waals surface area contributed by atoms with E-state index in [1.54, 1.807) is 0 Å². The van der Waals surface area contributed by atoms with Gasteiger partial charge < -0.3 is 30.8 Å². The summed E-state index contributed by atoms with van der Waals surface area (Å²) in [6.07, 6.45) is 5.11. The zero-order chi connectivity index (χ0) is 31.6. The number of nitrogens with one attached hydrogen (secondary N) is 4. The van der Waals surface area contributed by atoms with Crippen LogP contribution >= 0.6 is 0 Å². The zero-order valence-corrected chi connectivity index (χ0v) is 26.0. The highest BCUT2D eigenvalue weighted by Crippen LogP contribution is 2.33. The Morgan fingerprint density at radius 1 is 0.930 bits per heavy atom. The number of rotatable bonds is 13. The fourth-order valence-corrected chi connectivity index (χ4v) is 6.81. The van der Waals surface area contributed by atoms with Gasteiger partial charge in [-0.05, 0) is 79.9 Å². The smallest absolute Gasteiger partial charge is 0.481 e. The van der Waals surface area contributed by atoms with Gasteiger partial charge in [0.2, 0.25) is 5.91 Å². The molecule has 0 aromatic carbocycles. The lowest BCUT2D eigenvalue weighted by atomic mass is 9.87. The van der Waals surface area contributed by atoms with Crippen molar-refractivity contribution >= 4 is 29.8 Å². The number of aliphatic carboxylic acids is 2. The Hall–Kier alpha value is -4.08. The van der Waals surface area contributed by atoms with Crippen molar-refractivity contribution in [1.82, 2.24) is 20.6 Å². The molecule has 4 heterocycles.